The molecule has 1 aliphatic carbocycles. The minimum atomic E-state index is 0.495. The van der Waals surface area contributed by atoms with Gasteiger partial charge in [0.2, 0.25) is 0 Å². The number of benzene rings is 1. The molecule has 1 aromatic carbocycles. The van der Waals surface area contributed by atoms with Crippen molar-refractivity contribution < 1.29 is 0 Å². The molecule has 1 atom stereocenters. The van der Waals surface area contributed by atoms with Crippen molar-refractivity contribution in [3.8, 4) is 0 Å². The lowest BCUT2D eigenvalue weighted by molar-refractivity contribution is 0.532. The molecule has 2 rings (SSSR count). The third-order valence-corrected chi connectivity index (χ3v) is 4.09. The quantitative estimate of drug-likeness (QED) is 0.779. The van der Waals surface area contributed by atoms with E-state index in [0.717, 1.165) is 17.9 Å². The van der Waals surface area contributed by atoms with E-state index in [-0.39, 0.29) is 0 Å². The molecule has 0 saturated carbocycles. The van der Waals surface area contributed by atoms with Crippen molar-refractivity contribution in [2.75, 3.05) is 7.05 Å². The topological polar surface area (TPSA) is 12.0 Å². The lowest BCUT2D eigenvalue weighted by Gasteiger charge is -2.21. The van der Waals surface area contributed by atoms with Crippen LogP contribution in [0.4, 0.5) is 0 Å². The summed E-state index contributed by atoms with van der Waals surface area (Å²) in [5.74, 6) is 0. The first-order chi connectivity index (χ1) is 8.79. The van der Waals surface area contributed by atoms with E-state index in [4.69, 9.17) is 11.6 Å². The Morgan fingerprint density at radius 3 is 2.72 bits per heavy atom. The number of nitrogens with one attached hydrogen (secondary N) is 1. The fourth-order valence-corrected chi connectivity index (χ4v) is 2.83. The molecule has 0 aliphatic heterocycles. The van der Waals surface area contributed by atoms with Gasteiger partial charge in [-0.05, 0) is 57.2 Å². The maximum atomic E-state index is 6.23. The Morgan fingerprint density at radius 2 is 2.06 bits per heavy atom. The van der Waals surface area contributed by atoms with Gasteiger partial charge in [0.25, 0.3) is 0 Å². The lowest BCUT2D eigenvalue weighted by atomic mass is 9.92. The molecule has 0 amide bonds. The van der Waals surface area contributed by atoms with Gasteiger partial charge in [-0.25, -0.2) is 0 Å². The number of likely N-dealkylation sites (N-methyl/N-ethyl adjacent to an activating group) is 1. The number of hydrogen-bond acceptors (Lipinski definition) is 1. The van der Waals surface area contributed by atoms with Gasteiger partial charge in [-0.1, -0.05) is 41.4 Å². The van der Waals surface area contributed by atoms with Crippen molar-refractivity contribution in [1.82, 2.24) is 5.32 Å². The van der Waals surface area contributed by atoms with Crippen molar-refractivity contribution in [2.24, 2.45) is 0 Å². The van der Waals surface area contributed by atoms with E-state index in [9.17, 15) is 0 Å². The summed E-state index contributed by atoms with van der Waals surface area (Å²) in [7, 11) is 2.05. The molecule has 0 saturated heterocycles. The van der Waals surface area contributed by atoms with Crippen molar-refractivity contribution >= 4 is 11.6 Å². The molecule has 0 fully saturated rings. The van der Waals surface area contributed by atoms with E-state index in [1.54, 1.807) is 5.57 Å². The highest BCUT2D eigenvalue weighted by molar-refractivity contribution is 6.31. The minimum Gasteiger partial charge on any atom is -0.316 e. The maximum Gasteiger partial charge on any atom is 0.0438 e. The van der Waals surface area contributed by atoms with Gasteiger partial charge in [-0.3, -0.25) is 0 Å². The van der Waals surface area contributed by atoms with Gasteiger partial charge in [0, 0.05) is 11.1 Å². The molecule has 0 aromatic heterocycles. The van der Waals surface area contributed by atoms with Crippen molar-refractivity contribution in [1.29, 1.82) is 0 Å². The SMILES string of the molecule is CNC(CC1=CCCCC1)Cc1ccccc1Cl. The summed E-state index contributed by atoms with van der Waals surface area (Å²) in [4.78, 5) is 0. The van der Waals surface area contributed by atoms with Crippen LogP contribution in [0.5, 0.6) is 0 Å². The standard InChI is InChI=1S/C16H22ClN/c1-18-15(11-13-7-3-2-4-8-13)12-14-9-5-6-10-16(14)17/h5-7,9-10,15,18H,2-4,8,11-12H2,1H3. The maximum absolute atomic E-state index is 6.23. The van der Waals surface area contributed by atoms with Crippen molar-refractivity contribution in [3.05, 3.63) is 46.5 Å². The summed E-state index contributed by atoms with van der Waals surface area (Å²) in [6, 6.07) is 8.65. The van der Waals surface area contributed by atoms with E-state index in [1.165, 1.54) is 31.2 Å². The smallest absolute Gasteiger partial charge is 0.0438 e. The van der Waals surface area contributed by atoms with Crippen LogP contribution < -0.4 is 5.32 Å². The molecule has 98 valence electrons. The monoisotopic (exact) mass is 263 g/mol. The van der Waals surface area contributed by atoms with Crippen LogP contribution in [0.3, 0.4) is 0 Å². The molecular weight excluding hydrogens is 242 g/mol. The molecule has 18 heavy (non-hydrogen) atoms. The first-order valence-corrected chi connectivity index (χ1v) is 7.26. The highest BCUT2D eigenvalue weighted by atomic mass is 35.5. The minimum absolute atomic E-state index is 0.495. The highest BCUT2D eigenvalue weighted by Gasteiger charge is 2.13. The summed E-state index contributed by atoms with van der Waals surface area (Å²) in [6.45, 7) is 0. The molecule has 2 heteroatoms. The zero-order valence-corrected chi connectivity index (χ0v) is 11.8. The predicted octanol–water partition coefficient (Wildman–Crippen LogP) is 4.36. The second-order valence-corrected chi connectivity index (χ2v) is 5.50. The van der Waals surface area contributed by atoms with Crippen LogP contribution in [0.1, 0.15) is 37.7 Å². The van der Waals surface area contributed by atoms with Gasteiger partial charge in [0.1, 0.15) is 0 Å². The first kappa shape index (κ1) is 13.6. The number of allylic oxidation sites excluding steroid dienone is 1. The van der Waals surface area contributed by atoms with Crippen molar-refractivity contribution in [2.45, 2.75) is 44.6 Å². The molecule has 1 aromatic rings. The van der Waals surface area contributed by atoms with E-state index in [2.05, 4.69) is 23.5 Å². The van der Waals surface area contributed by atoms with Crippen LogP contribution in [0.25, 0.3) is 0 Å². The van der Waals surface area contributed by atoms with Crippen LogP contribution >= 0.6 is 11.6 Å². The molecule has 0 bridgehead atoms. The molecule has 1 nitrogen and oxygen atoms in total. The van der Waals surface area contributed by atoms with Gasteiger partial charge < -0.3 is 5.32 Å². The summed E-state index contributed by atoms with van der Waals surface area (Å²) in [5.41, 5.74) is 2.86. The van der Waals surface area contributed by atoms with Crippen LogP contribution in [-0.2, 0) is 6.42 Å². The van der Waals surface area contributed by atoms with Gasteiger partial charge in [-0.15, -0.1) is 0 Å². The Bertz CT molecular complexity index is 411. The summed E-state index contributed by atoms with van der Waals surface area (Å²) in [5, 5.41) is 4.31. The molecule has 1 aliphatic rings. The fourth-order valence-electron chi connectivity index (χ4n) is 2.61. The van der Waals surface area contributed by atoms with Crippen LogP contribution in [0.2, 0.25) is 5.02 Å². The predicted molar refractivity (Wildman–Crippen MR) is 79.2 cm³/mol. The van der Waals surface area contributed by atoms with E-state index < -0.39 is 0 Å². The zero-order valence-electron chi connectivity index (χ0n) is 11.1. The molecule has 0 heterocycles. The second kappa shape index (κ2) is 6.96. The lowest BCUT2D eigenvalue weighted by Crippen LogP contribution is -2.28. The Balaban J connectivity index is 1.97. The van der Waals surface area contributed by atoms with Gasteiger partial charge >= 0.3 is 0 Å². The average Bonchev–Trinajstić information content (AvgIpc) is 2.41. The zero-order chi connectivity index (χ0) is 12.8. The number of rotatable bonds is 5. The Hall–Kier alpha value is -0.790. The van der Waals surface area contributed by atoms with E-state index >= 15 is 0 Å². The van der Waals surface area contributed by atoms with Crippen LogP contribution in [0.15, 0.2) is 35.9 Å². The summed E-state index contributed by atoms with van der Waals surface area (Å²) >= 11 is 6.23. The van der Waals surface area contributed by atoms with E-state index in [0.29, 0.717) is 6.04 Å². The highest BCUT2D eigenvalue weighted by Crippen LogP contribution is 2.24. The third kappa shape index (κ3) is 3.86. The van der Waals surface area contributed by atoms with Gasteiger partial charge in [-0.2, -0.15) is 0 Å². The Morgan fingerprint density at radius 1 is 1.22 bits per heavy atom. The molecule has 0 spiro atoms. The number of halogens is 1. The normalized spacial score (nSPS) is 17.3. The van der Waals surface area contributed by atoms with Crippen molar-refractivity contribution in [3.63, 3.8) is 0 Å². The first-order valence-electron chi connectivity index (χ1n) is 6.88. The molecule has 1 N–H and O–H groups in total. The Labute approximate surface area is 115 Å². The largest absolute Gasteiger partial charge is 0.316 e. The average molecular weight is 264 g/mol. The van der Waals surface area contributed by atoms with E-state index in [1.807, 2.05) is 19.2 Å². The Kier molecular flexibility index (Phi) is 5.27. The number of hydrogen-bond donors (Lipinski definition) is 1. The van der Waals surface area contributed by atoms with Crippen LogP contribution in [-0.4, -0.2) is 13.1 Å². The summed E-state index contributed by atoms with van der Waals surface area (Å²) in [6.07, 6.45) is 9.85. The fraction of sp³-hybridized carbons (Fsp3) is 0.500. The molecule has 0 radical (unpaired) electrons. The third-order valence-electron chi connectivity index (χ3n) is 3.73. The molecular formula is C16H22ClN. The second-order valence-electron chi connectivity index (χ2n) is 5.09. The van der Waals surface area contributed by atoms with Gasteiger partial charge in [0.05, 0.1) is 0 Å². The van der Waals surface area contributed by atoms with Crippen LogP contribution in [0, 0.1) is 0 Å². The molecule has 1 unspecified atom stereocenters. The van der Waals surface area contributed by atoms with Gasteiger partial charge in [0.15, 0.2) is 0 Å². The summed E-state index contributed by atoms with van der Waals surface area (Å²) < 4.78 is 0.